The van der Waals surface area contributed by atoms with E-state index in [1.165, 1.54) is 11.4 Å². The van der Waals surface area contributed by atoms with Gasteiger partial charge in [-0.2, -0.15) is 0 Å². The molecule has 0 spiro atoms. The lowest BCUT2D eigenvalue weighted by Gasteiger charge is -2.36. The van der Waals surface area contributed by atoms with Crippen LogP contribution in [0.2, 0.25) is 0 Å². The summed E-state index contributed by atoms with van der Waals surface area (Å²) in [5.74, 6) is 0.524. The molecule has 1 aromatic rings. The molecule has 0 aliphatic carbocycles. The molecule has 5 nitrogen and oxygen atoms in total. The normalized spacial score (nSPS) is 22.1. The second kappa shape index (κ2) is 3.25. The van der Waals surface area contributed by atoms with Gasteiger partial charge in [0, 0.05) is 12.4 Å². The van der Waals surface area contributed by atoms with Crippen LogP contribution in [-0.2, 0) is 0 Å². The zero-order valence-electron chi connectivity index (χ0n) is 9.97. The standard InChI is InChI=1S/C11H16N4O/c1-10(2)11(3,4)15(16)9(14-10)8-5-12-7-13-6-8/h5-7,16H,1-4H3. The van der Waals surface area contributed by atoms with E-state index in [0.717, 1.165) is 5.56 Å². The Morgan fingerprint density at radius 1 is 1.12 bits per heavy atom. The Morgan fingerprint density at radius 2 is 1.69 bits per heavy atom. The molecule has 2 heterocycles. The molecule has 1 N–H and O–H groups in total. The molecule has 1 aliphatic heterocycles. The van der Waals surface area contributed by atoms with Crippen molar-refractivity contribution in [2.24, 2.45) is 4.99 Å². The van der Waals surface area contributed by atoms with E-state index in [2.05, 4.69) is 15.0 Å². The van der Waals surface area contributed by atoms with Gasteiger partial charge in [0.2, 0.25) is 0 Å². The van der Waals surface area contributed by atoms with Crippen molar-refractivity contribution in [3.05, 3.63) is 24.3 Å². The van der Waals surface area contributed by atoms with Crippen LogP contribution >= 0.6 is 0 Å². The first-order valence-corrected chi connectivity index (χ1v) is 5.20. The van der Waals surface area contributed by atoms with Crippen LogP contribution in [0.15, 0.2) is 23.7 Å². The molecule has 0 bridgehead atoms. The first kappa shape index (κ1) is 11.0. The maximum Gasteiger partial charge on any atom is 0.159 e. The molecule has 2 rings (SSSR count). The summed E-state index contributed by atoms with van der Waals surface area (Å²) in [4.78, 5) is 12.4. The minimum absolute atomic E-state index is 0.354. The van der Waals surface area contributed by atoms with Gasteiger partial charge < -0.3 is 0 Å². The molecule has 0 unspecified atom stereocenters. The summed E-state index contributed by atoms with van der Waals surface area (Å²) in [6, 6.07) is 0. The fraction of sp³-hybridized carbons (Fsp3) is 0.545. The Bertz CT molecular complexity index is 425. The van der Waals surface area contributed by atoms with E-state index >= 15 is 0 Å². The largest absolute Gasteiger partial charge is 0.286 e. The molecule has 0 saturated carbocycles. The molecule has 0 fully saturated rings. The van der Waals surface area contributed by atoms with E-state index in [4.69, 9.17) is 0 Å². The lowest BCUT2D eigenvalue weighted by atomic mass is 9.84. The smallest absolute Gasteiger partial charge is 0.159 e. The number of nitrogens with zero attached hydrogens (tertiary/aromatic N) is 4. The molecule has 16 heavy (non-hydrogen) atoms. The zero-order chi connectivity index (χ0) is 12.0. The lowest BCUT2D eigenvalue weighted by molar-refractivity contribution is -0.0992. The molecule has 0 saturated heterocycles. The SMILES string of the molecule is CC1(C)N=C(c2cncnc2)N(O)C1(C)C. The van der Waals surface area contributed by atoms with Crippen LogP contribution < -0.4 is 0 Å². The maximum atomic E-state index is 10.2. The van der Waals surface area contributed by atoms with Crippen molar-refractivity contribution < 1.29 is 5.21 Å². The van der Waals surface area contributed by atoms with Crippen molar-refractivity contribution in [1.29, 1.82) is 0 Å². The van der Waals surface area contributed by atoms with Gasteiger partial charge in [-0.05, 0) is 27.7 Å². The third-order valence-corrected chi connectivity index (χ3v) is 3.43. The number of aromatic nitrogens is 2. The van der Waals surface area contributed by atoms with Crippen LogP contribution in [0, 0.1) is 0 Å². The van der Waals surface area contributed by atoms with Gasteiger partial charge in [-0.3, -0.25) is 10.2 Å². The van der Waals surface area contributed by atoms with Crippen LogP contribution in [-0.4, -0.2) is 37.2 Å². The van der Waals surface area contributed by atoms with Gasteiger partial charge in [0.15, 0.2) is 5.84 Å². The molecule has 0 aromatic carbocycles. The highest BCUT2D eigenvalue weighted by atomic mass is 16.5. The van der Waals surface area contributed by atoms with Crippen molar-refractivity contribution >= 4 is 5.84 Å². The number of aliphatic imine (C=N–C) groups is 1. The Balaban J connectivity index is 2.46. The van der Waals surface area contributed by atoms with E-state index in [1.54, 1.807) is 12.4 Å². The van der Waals surface area contributed by atoms with E-state index in [9.17, 15) is 5.21 Å². The second-order valence-electron chi connectivity index (χ2n) is 4.99. The highest BCUT2D eigenvalue weighted by Gasteiger charge is 2.49. The minimum Gasteiger partial charge on any atom is -0.286 e. The van der Waals surface area contributed by atoms with Gasteiger partial charge >= 0.3 is 0 Å². The van der Waals surface area contributed by atoms with E-state index in [0.29, 0.717) is 5.84 Å². The van der Waals surface area contributed by atoms with Gasteiger partial charge in [-0.15, -0.1) is 0 Å². The molecular weight excluding hydrogens is 204 g/mol. The third kappa shape index (κ3) is 1.39. The highest BCUT2D eigenvalue weighted by molar-refractivity contribution is 5.99. The summed E-state index contributed by atoms with van der Waals surface area (Å²) in [7, 11) is 0. The Kier molecular flexibility index (Phi) is 2.24. The quantitative estimate of drug-likeness (QED) is 0.778. The van der Waals surface area contributed by atoms with Crippen LogP contribution in [0.1, 0.15) is 33.3 Å². The van der Waals surface area contributed by atoms with Crippen molar-refractivity contribution in [1.82, 2.24) is 15.0 Å². The Morgan fingerprint density at radius 3 is 2.12 bits per heavy atom. The Labute approximate surface area is 94.8 Å². The van der Waals surface area contributed by atoms with Crippen LogP contribution in [0.25, 0.3) is 0 Å². The predicted octanol–water partition coefficient (Wildman–Crippen LogP) is 1.49. The average Bonchev–Trinajstić information content (AvgIpc) is 2.40. The van der Waals surface area contributed by atoms with Gasteiger partial charge in [-0.25, -0.2) is 15.0 Å². The molecule has 1 aliphatic rings. The Hall–Kier alpha value is -1.49. The maximum absolute atomic E-state index is 10.2. The fourth-order valence-corrected chi connectivity index (χ4v) is 1.57. The van der Waals surface area contributed by atoms with E-state index in [-0.39, 0.29) is 5.54 Å². The van der Waals surface area contributed by atoms with Gasteiger partial charge in [0.1, 0.15) is 6.33 Å². The van der Waals surface area contributed by atoms with Gasteiger partial charge in [0.25, 0.3) is 0 Å². The number of rotatable bonds is 1. The molecule has 0 atom stereocenters. The molecule has 0 radical (unpaired) electrons. The van der Waals surface area contributed by atoms with Gasteiger partial charge in [-0.1, -0.05) is 0 Å². The van der Waals surface area contributed by atoms with E-state index < -0.39 is 5.54 Å². The van der Waals surface area contributed by atoms with Crippen LogP contribution in [0.4, 0.5) is 0 Å². The molecule has 5 heteroatoms. The molecular formula is C11H16N4O. The first-order chi connectivity index (χ1) is 7.36. The van der Waals surface area contributed by atoms with Crippen molar-refractivity contribution in [2.75, 3.05) is 0 Å². The zero-order valence-corrected chi connectivity index (χ0v) is 9.97. The number of hydrogen-bond acceptors (Lipinski definition) is 5. The topological polar surface area (TPSA) is 61.6 Å². The summed E-state index contributed by atoms with van der Waals surface area (Å²) in [6.45, 7) is 7.89. The molecule has 86 valence electrons. The van der Waals surface area contributed by atoms with Gasteiger partial charge in [0.05, 0.1) is 16.6 Å². The second-order valence-corrected chi connectivity index (χ2v) is 4.99. The predicted molar refractivity (Wildman–Crippen MR) is 60.4 cm³/mol. The van der Waals surface area contributed by atoms with Crippen molar-refractivity contribution in [2.45, 2.75) is 38.8 Å². The highest BCUT2D eigenvalue weighted by Crippen LogP contribution is 2.37. The third-order valence-electron chi connectivity index (χ3n) is 3.43. The summed E-state index contributed by atoms with van der Waals surface area (Å²) >= 11 is 0. The monoisotopic (exact) mass is 220 g/mol. The number of amidine groups is 1. The summed E-state index contributed by atoms with van der Waals surface area (Å²) in [6.07, 6.45) is 4.75. The molecule has 1 aromatic heterocycles. The average molecular weight is 220 g/mol. The van der Waals surface area contributed by atoms with Crippen LogP contribution in [0.5, 0.6) is 0 Å². The first-order valence-electron chi connectivity index (χ1n) is 5.20. The van der Waals surface area contributed by atoms with Crippen molar-refractivity contribution in [3.8, 4) is 0 Å². The minimum atomic E-state index is -0.446. The summed E-state index contributed by atoms with van der Waals surface area (Å²) in [5.41, 5.74) is -0.0749. The fourth-order valence-electron chi connectivity index (χ4n) is 1.57. The van der Waals surface area contributed by atoms with Crippen molar-refractivity contribution in [3.63, 3.8) is 0 Å². The number of hydrogen-bond donors (Lipinski definition) is 1. The van der Waals surface area contributed by atoms with E-state index in [1.807, 2.05) is 27.7 Å². The molecule has 0 amide bonds. The number of hydroxylamine groups is 2. The van der Waals surface area contributed by atoms with Crippen LogP contribution in [0.3, 0.4) is 0 Å². The lowest BCUT2D eigenvalue weighted by Crippen LogP contribution is -2.51. The summed E-state index contributed by atoms with van der Waals surface area (Å²) in [5, 5.41) is 11.4. The summed E-state index contributed by atoms with van der Waals surface area (Å²) < 4.78 is 0.